The summed E-state index contributed by atoms with van der Waals surface area (Å²) in [6.45, 7) is 6.77. The minimum absolute atomic E-state index is 0.0505. The standard InChI is InChI=1S/C25H30N4O3/c1-3-31-22-13-11-19(12-14-22)18(2)26-25(30)21-10-7-15-29(16-21)17-23-27-24(28-32-23)20-8-5-4-6-9-20/h4-6,8-9,11-14,18,21H,3,7,10,15-17H2,1-2H3,(H,26,30). The second-order valence-electron chi connectivity index (χ2n) is 8.18. The average molecular weight is 435 g/mol. The largest absolute Gasteiger partial charge is 0.494 e. The van der Waals surface area contributed by atoms with Crippen LogP contribution in [-0.2, 0) is 11.3 Å². The minimum Gasteiger partial charge on any atom is -0.494 e. The number of rotatable bonds is 8. The highest BCUT2D eigenvalue weighted by atomic mass is 16.5. The molecule has 1 aliphatic heterocycles. The number of hydrogen-bond donors (Lipinski definition) is 1. The molecule has 1 aromatic heterocycles. The van der Waals surface area contributed by atoms with Gasteiger partial charge in [0.25, 0.3) is 0 Å². The van der Waals surface area contributed by atoms with Crippen molar-refractivity contribution in [2.24, 2.45) is 5.92 Å². The number of amides is 1. The summed E-state index contributed by atoms with van der Waals surface area (Å²) in [5.74, 6) is 2.05. The lowest BCUT2D eigenvalue weighted by molar-refractivity contribution is -0.127. The number of benzene rings is 2. The molecule has 1 aliphatic rings. The Balaban J connectivity index is 1.31. The van der Waals surface area contributed by atoms with Gasteiger partial charge in [0.15, 0.2) is 0 Å². The molecule has 32 heavy (non-hydrogen) atoms. The van der Waals surface area contributed by atoms with Crippen LogP contribution in [0.15, 0.2) is 59.1 Å². The van der Waals surface area contributed by atoms with Gasteiger partial charge in [0, 0.05) is 12.1 Å². The monoisotopic (exact) mass is 434 g/mol. The zero-order chi connectivity index (χ0) is 22.3. The van der Waals surface area contributed by atoms with Crippen LogP contribution in [0.25, 0.3) is 11.4 Å². The summed E-state index contributed by atoms with van der Waals surface area (Å²) in [4.78, 5) is 19.7. The number of hydrogen-bond acceptors (Lipinski definition) is 6. The Morgan fingerprint density at radius 3 is 2.75 bits per heavy atom. The number of piperidine rings is 1. The number of likely N-dealkylation sites (tertiary alicyclic amines) is 1. The van der Waals surface area contributed by atoms with Crippen molar-refractivity contribution in [3.05, 3.63) is 66.1 Å². The highest BCUT2D eigenvalue weighted by Crippen LogP contribution is 2.22. The van der Waals surface area contributed by atoms with Gasteiger partial charge in [0.2, 0.25) is 17.6 Å². The van der Waals surface area contributed by atoms with Crippen molar-refractivity contribution in [3.63, 3.8) is 0 Å². The third-order valence-electron chi connectivity index (χ3n) is 5.79. The first-order valence-corrected chi connectivity index (χ1v) is 11.3. The summed E-state index contributed by atoms with van der Waals surface area (Å²) in [6, 6.07) is 17.6. The van der Waals surface area contributed by atoms with Crippen molar-refractivity contribution in [1.29, 1.82) is 0 Å². The normalized spacial score (nSPS) is 17.6. The molecule has 3 aromatic rings. The SMILES string of the molecule is CCOc1ccc(C(C)NC(=O)C2CCCN(Cc3nc(-c4ccccc4)no3)C2)cc1. The third-order valence-corrected chi connectivity index (χ3v) is 5.79. The van der Waals surface area contributed by atoms with Gasteiger partial charge in [-0.2, -0.15) is 4.98 Å². The van der Waals surface area contributed by atoms with Crippen LogP contribution in [0, 0.1) is 5.92 Å². The molecule has 7 heteroatoms. The number of nitrogens with one attached hydrogen (secondary N) is 1. The molecule has 168 valence electrons. The Labute approximate surface area is 188 Å². The molecule has 2 aromatic carbocycles. The second-order valence-corrected chi connectivity index (χ2v) is 8.18. The topological polar surface area (TPSA) is 80.5 Å². The summed E-state index contributed by atoms with van der Waals surface area (Å²) in [7, 11) is 0. The van der Waals surface area contributed by atoms with Crippen LogP contribution < -0.4 is 10.1 Å². The van der Waals surface area contributed by atoms with E-state index >= 15 is 0 Å². The summed E-state index contributed by atoms with van der Waals surface area (Å²) in [5.41, 5.74) is 2.00. The van der Waals surface area contributed by atoms with E-state index in [1.807, 2.05) is 68.4 Å². The summed E-state index contributed by atoms with van der Waals surface area (Å²) >= 11 is 0. The van der Waals surface area contributed by atoms with Gasteiger partial charge in [-0.25, -0.2) is 0 Å². The zero-order valence-corrected chi connectivity index (χ0v) is 18.7. The molecular weight excluding hydrogens is 404 g/mol. The van der Waals surface area contributed by atoms with Gasteiger partial charge in [-0.05, 0) is 50.9 Å². The maximum atomic E-state index is 12.9. The Bertz CT molecular complexity index is 1000. The molecule has 0 bridgehead atoms. The van der Waals surface area contributed by atoms with Crippen molar-refractivity contribution in [2.45, 2.75) is 39.3 Å². The maximum Gasteiger partial charge on any atom is 0.241 e. The molecule has 2 atom stereocenters. The van der Waals surface area contributed by atoms with Crippen LogP contribution in [0.3, 0.4) is 0 Å². The van der Waals surface area contributed by atoms with Gasteiger partial charge < -0.3 is 14.6 Å². The van der Waals surface area contributed by atoms with Crippen LogP contribution in [0.2, 0.25) is 0 Å². The van der Waals surface area contributed by atoms with Crippen molar-refractivity contribution in [3.8, 4) is 17.1 Å². The molecule has 1 amide bonds. The van der Waals surface area contributed by atoms with Crippen molar-refractivity contribution >= 4 is 5.91 Å². The van der Waals surface area contributed by atoms with E-state index in [4.69, 9.17) is 9.26 Å². The van der Waals surface area contributed by atoms with Crippen LogP contribution in [0.4, 0.5) is 0 Å². The first kappa shape index (κ1) is 22.0. The number of carbonyl (C=O) groups is 1. The summed E-state index contributed by atoms with van der Waals surface area (Å²) in [5, 5.41) is 7.27. The van der Waals surface area contributed by atoms with E-state index in [9.17, 15) is 4.79 Å². The smallest absolute Gasteiger partial charge is 0.241 e. The Morgan fingerprint density at radius 2 is 2.00 bits per heavy atom. The maximum absolute atomic E-state index is 12.9. The average Bonchev–Trinajstić information content (AvgIpc) is 3.29. The highest BCUT2D eigenvalue weighted by Gasteiger charge is 2.27. The van der Waals surface area contributed by atoms with E-state index in [1.165, 1.54) is 0 Å². The fraction of sp³-hybridized carbons (Fsp3) is 0.400. The number of carbonyl (C=O) groups excluding carboxylic acids is 1. The molecule has 1 saturated heterocycles. The molecular formula is C25H30N4O3. The molecule has 2 heterocycles. The zero-order valence-electron chi connectivity index (χ0n) is 18.7. The molecule has 0 saturated carbocycles. The summed E-state index contributed by atoms with van der Waals surface area (Å²) < 4.78 is 10.9. The lowest BCUT2D eigenvalue weighted by Crippen LogP contribution is -2.43. The molecule has 4 rings (SSSR count). The van der Waals surface area contributed by atoms with Crippen LogP contribution in [0.5, 0.6) is 5.75 Å². The van der Waals surface area contributed by atoms with Crippen LogP contribution >= 0.6 is 0 Å². The van der Waals surface area contributed by atoms with Gasteiger partial charge in [0.1, 0.15) is 5.75 Å². The van der Waals surface area contributed by atoms with E-state index in [0.717, 1.165) is 36.3 Å². The van der Waals surface area contributed by atoms with E-state index in [1.54, 1.807) is 0 Å². The van der Waals surface area contributed by atoms with Gasteiger partial charge in [-0.1, -0.05) is 47.6 Å². The number of nitrogens with zero attached hydrogens (tertiary/aromatic N) is 3. The third kappa shape index (κ3) is 5.53. The quantitative estimate of drug-likeness (QED) is 0.572. The fourth-order valence-electron chi connectivity index (χ4n) is 4.06. The molecule has 7 nitrogen and oxygen atoms in total. The van der Waals surface area contributed by atoms with Crippen molar-refractivity contribution in [1.82, 2.24) is 20.4 Å². The molecule has 0 aliphatic carbocycles. The molecule has 1 fully saturated rings. The van der Waals surface area contributed by atoms with E-state index in [2.05, 4.69) is 20.4 Å². The lowest BCUT2D eigenvalue weighted by Gasteiger charge is -2.31. The van der Waals surface area contributed by atoms with E-state index in [0.29, 0.717) is 31.4 Å². The van der Waals surface area contributed by atoms with Crippen molar-refractivity contribution < 1.29 is 14.1 Å². The van der Waals surface area contributed by atoms with Crippen LogP contribution in [-0.4, -0.2) is 40.6 Å². The predicted octanol–water partition coefficient (Wildman–Crippen LogP) is 4.22. The summed E-state index contributed by atoms with van der Waals surface area (Å²) in [6.07, 6.45) is 1.85. The first-order chi connectivity index (χ1) is 15.6. The lowest BCUT2D eigenvalue weighted by atomic mass is 9.96. The second kappa shape index (κ2) is 10.4. The fourth-order valence-corrected chi connectivity index (χ4v) is 4.06. The molecule has 0 spiro atoms. The predicted molar refractivity (Wildman–Crippen MR) is 122 cm³/mol. The molecule has 2 unspecified atom stereocenters. The van der Waals surface area contributed by atoms with Gasteiger partial charge in [-0.15, -0.1) is 0 Å². The Kier molecular flexibility index (Phi) is 7.17. The van der Waals surface area contributed by atoms with Gasteiger partial charge >= 0.3 is 0 Å². The van der Waals surface area contributed by atoms with E-state index in [-0.39, 0.29) is 17.9 Å². The minimum atomic E-state index is -0.0575. The highest BCUT2D eigenvalue weighted by molar-refractivity contribution is 5.79. The number of aromatic nitrogens is 2. The van der Waals surface area contributed by atoms with Crippen LogP contribution in [0.1, 0.15) is 44.2 Å². The van der Waals surface area contributed by atoms with Crippen molar-refractivity contribution in [2.75, 3.05) is 19.7 Å². The molecule has 1 N–H and O–H groups in total. The Hall–Kier alpha value is -3.19. The first-order valence-electron chi connectivity index (χ1n) is 11.3. The van der Waals surface area contributed by atoms with Gasteiger partial charge in [0.05, 0.1) is 25.1 Å². The van der Waals surface area contributed by atoms with Gasteiger partial charge in [-0.3, -0.25) is 9.69 Å². The number of ether oxygens (including phenoxy) is 1. The Morgan fingerprint density at radius 1 is 1.22 bits per heavy atom. The molecule has 0 radical (unpaired) electrons. The van der Waals surface area contributed by atoms with E-state index < -0.39 is 0 Å².